The van der Waals surface area contributed by atoms with Crippen molar-refractivity contribution in [1.29, 1.82) is 0 Å². The molecule has 0 unspecified atom stereocenters. The van der Waals surface area contributed by atoms with Gasteiger partial charge in [0.2, 0.25) is 0 Å². The van der Waals surface area contributed by atoms with E-state index >= 15 is 0 Å². The minimum absolute atomic E-state index is 0.245. The summed E-state index contributed by atoms with van der Waals surface area (Å²) in [7, 11) is 0. The second-order valence-electron chi connectivity index (χ2n) is 6.04. The van der Waals surface area contributed by atoms with Crippen LogP contribution in [0, 0.1) is 11.8 Å². The molecule has 2 heteroatoms. The fraction of sp³-hybridized carbons (Fsp3) is 0.625. The van der Waals surface area contributed by atoms with Gasteiger partial charge in [-0.25, -0.2) is 0 Å². The molecule has 2 aliphatic rings. The van der Waals surface area contributed by atoms with Gasteiger partial charge in [0.05, 0.1) is 6.10 Å². The van der Waals surface area contributed by atoms with Crippen molar-refractivity contribution < 1.29 is 4.74 Å². The highest BCUT2D eigenvalue weighted by Crippen LogP contribution is 2.45. The number of hydrogen-bond acceptors (Lipinski definition) is 2. The van der Waals surface area contributed by atoms with Crippen LogP contribution in [0.3, 0.4) is 0 Å². The molecule has 1 N–H and O–H groups in total. The van der Waals surface area contributed by atoms with Gasteiger partial charge in [-0.2, -0.15) is 0 Å². The Morgan fingerprint density at radius 2 is 1.56 bits per heavy atom. The number of hydrogen-bond donors (Lipinski definition) is 1. The largest absolute Gasteiger partial charge is 0.491 e. The topological polar surface area (TPSA) is 21.3 Å². The molecule has 1 aromatic rings. The van der Waals surface area contributed by atoms with Crippen LogP contribution in [0.4, 0.5) is 5.69 Å². The number of anilines is 1. The van der Waals surface area contributed by atoms with E-state index in [1.807, 2.05) is 0 Å². The molecule has 18 heavy (non-hydrogen) atoms. The van der Waals surface area contributed by atoms with Gasteiger partial charge in [0.25, 0.3) is 0 Å². The van der Waals surface area contributed by atoms with E-state index in [9.17, 15) is 0 Å². The molecule has 0 saturated heterocycles. The first-order chi connectivity index (χ1) is 8.72. The Morgan fingerprint density at radius 1 is 1.00 bits per heavy atom. The van der Waals surface area contributed by atoms with E-state index in [4.69, 9.17) is 4.74 Å². The molecule has 2 saturated carbocycles. The molecule has 1 aromatic carbocycles. The van der Waals surface area contributed by atoms with Crippen LogP contribution in [0.1, 0.15) is 39.5 Å². The lowest BCUT2D eigenvalue weighted by Crippen LogP contribution is -2.24. The van der Waals surface area contributed by atoms with Gasteiger partial charge in [0, 0.05) is 11.7 Å². The van der Waals surface area contributed by atoms with E-state index in [2.05, 4.69) is 43.4 Å². The fourth-order valence-corrected chi connectivity index (χ4v) is 2.63. The summed E-state index contributed by atoms with van der Waals surface area (Å²) in [6.45, 7) is 4.12. The van der Waals surface area contributed by atoms with Crippen LogP contribution < -0.4 is 10.1 Å². The predicted octanol–water partition coefficient (Wildman–Crippen LogP) is 4.07. The lowest BCUT2D eigenvalue weighted by atomic mass is 10.1. The quantitative estimate of drug-likeness (QED) is 0.815. The summed E-state index contributed by atoms with van der Waals surface area (Å²) in [5, 5.41) is 3.73. The maximum atomic E-state index is 5.67. The molecular formula is C16H23NO. The molecule has 0 amide bonds. The maximum Gasteiger partial charge on any atom is 0.119 e. The summed E-state index contributed by atoms with van der Waals surface area (Å²) < 4.78 is 5.67. The zero-order valence-electron chi connectivity index (χ0n) is 11.4. The highest BCUT2D eigenvalue weighted by Gasteiger charge is 2.41. The van der Waals surface area contributed by atoms with Crippen molar-refractivity contribution in [3.8, 4) is 5.75 Å². The molecule has 0 spiro atoms. The standard InChI is InChI=1S/C16H23NO/c1-11(2)18-15-9-7-14(8-10-15)17-16(12-3-4-12)13-5-6-13/h7-13,16-17H,3-6H2,1-2H3. The highest BCUT2D eigenvalue weighted by molar-refractivity contribution is 5.47. The Labute approximate surface area is 110 Å². The number of benzene rings is 1. The zero-order chi connectivity index (χ0) is 12.5. The molecule has 2 nitrogen and oxygen atoms in total. The Balaban J connectivity index is 1.61. The zero-order valence-corrected chi connectivity index (χ0v) is 11.4. The predicted molar refractivity (Wildman–Crippen MR) is 75.1 cm³/mol. The van der Waals surface area contributed by atoms with E-state index in [0.29, 0.717) is 0 Å². The van der Waals surface area contributed by atoms with Gasteiger partial charge in [-0.1, -0.05) is 0 Å². The Kier molecular flexibility index (Phi) is 3.19. The molecule has 0 aliphatic heterocycles. The fourth-order valence-electron chi connectivity index (χ4n) is 2.63. The molecule has 98 valence electrons. The third kappa shape index (κ3) is 2.98. The second kappa shape index (κ2) is 4.83. The summed E-state index contributed by atoms with van der Waals surface area (Å²) >= 11 is 0. The lowest BCUT2D eigenvalue weighted by Gasteiger charge is -2.19. The third-order valence-electron chi connectivity index (χ3n) is 3.82. The summed E-state index contributed by atoms with van der Waals surface area (Å²) in [6.07, 6.45) is 5.92. The van der Waals surface area contributed by atoms with Crippen LogP contribution in [-0.4, -0.2) is 12.1 Å². The van der Waals surface area contributed by atoms with Crippen molar-refractivity contribution in [2.24, 2.45) is 11.8 Å². The minimum Gasteiger partial charge on any atom is -0.491 e. The Hall–Kier alpha value is -1.18. The Bertz CT molecular complexity index is 378. The van der Waals surface area contributed by atoms with Gasteiger partial charge >= 0.3 is 0 Å². The molecule has 0 bridgehead atoms. The molecule has 0 radical (unpaired) electrons. The number of ether oxygens (including phenoxy) is 1. The Morgan fingerprint density at radius 3 is 2.00 bits per heavy atom. The van der Waals surface area contributed by atoms with Crippen LogP contribution in [0.25, 0.3) is 0 Å². The summed E-state index contributed by atoms with van der Waals surface area (Å²) in [5.74, 6) is 2.83. The average Bonchev–Trinajstić information content (AvgIpc) is 3.20. The number of rotatable bonds is 6. The van der Waals surface area contributed by atoms with Crippen molar-refractivity contribution in [3.63, 3.8) is 0 Å². The van der Waals surface area contributed by atoms with Crippen LogP contribution in [-0.2, 0) is 0 Å². The van der Waals surface area contributed by atoms with Gasteiger partial charge in [-0.3, -0.25) is 0 Å². The summed E-state index contributed by atoms with van der Waals surface area (Å²) in [6, 6.07) is 9.16. The minimum atomic E-state index is 0.245. The van der Waals surface area contributed by atoms with E-state index in [-0.39, 0.29) is 6.10 Å². The lowest BCUT2D eigenvalue weighted by molar-refractivity contribution is 0.242. The molecule has 0 heterocycles. The normalized spacial score (nSPS) is 19.3. The molecule has 0 atom stereocenters. The van der Waals surface area contributed by atoms with E-state index < -0.39 is 0 Å². The molecule has 0 aromatic heterocycles. The maximum absolute atomic E-state index is 5.67. The van der Waals surface area contributed by atoms with Crippen molar-refractivity contribution in [2.45, 2.75) is 51.7 Å². The third-order valence-corrected chi connectivity index (χ3v) is 3.82. The molecule has 2 fully saturated rings. The smallest absolute Gasteiger partial charge is 0.119 e. The number of nitrogens with one attached hydrogen (secondary N) is 1. The first-order valence-electron chi connectivity index (χ1n) is 7.25. The van der Waals surface area contributed by atoms with Gasteiger partial charge in [-0.05, 0) is 75.6 Å². The van der Waals surface area contributed by atoms with Gasteiger partial charge in [-0.15, -0.1) is 0 Å². The van der Waals surface area contributed by atoms with Crippen molar-refractivity contribution in [3.05, 3.63) is 24.3 Å². The van der Waals surface area contributed by atoms with Gasteiger partial charge < -0.3 is 10.1 Å². The van der Waals surface area contributed by atoms with Crippen LogP contribution in [0.5, 0.6) is 5.75 Å². The SMILES string of the molecule is CC(C)Oc1ccc(NC(C2CC2)C2CC2)cc1. The van der Waals surface area contributed by atoms with Gasteiger partial charge in [0.1, 0.15) is 5.75 Å². The molecular weight excluding hydrogens is 222 g/mol. The molecule has 2 aliphatic carbocycles. The van der Waals surface area contributed by atoms with Crippen molar-refractivity contribution >= 4 is 5.69 Å². The van der Waals surface area contributed by atoms with E-state index in [1.165, 1.54) is 31.4 Å². The van der Waals surface area contributed by atoms with Crippen LogP contribution in [0.2, 0.25) is 0 Å². The second-order valence-corrected chi connectivity index (χ2v) is 6.04. The van der Waals surface area contributed by atoms with Crippen LogP contribution >= 0.6 is 0 Å². The monoisotopic (exact) mass is 245 g/mol. The summed E-state index contributed by atoms with van der Waals surface area (Å²) in [5.41, 5.74) is 1.25. The first-order valence-corrected chi connectivity index (χ1v) is 7.25. The van der Waals surface area contributed by atoms with Gasteiger partial charge in [0.15, 0.2) is 0 Å². The summed E-state index contributed by atoms with van der Waals surface area (Å²) in [4.78, 5) is 0. The average molecular weight is 245 g/mol. The van der Waals surface area contributed by atoms with Crippen molar-refractivity contribution in [2.75, 3.05) is 5.32 Å². The van der Waals surface area contributed by atoms with E-state index in [0.717, 1.165) is 23.6 Å². The molecule has 3 rings (SSSR count). The highest BCUT2D eigenvalue weighted by atomic mass is 16.5. The van der Waals surface area contributed by atoms with Crippen LogP contribution in [0.15, 0.2) is 24.3 Å². The van der Waals surface area contributed by atoms with E-state index in [1.54, 1.807) is 0 Å². The van der Waals surface area contributed by atoms with Crippen molar-refractivity contribution in [1.82, 2.24) is 0 Å². The first kappa shape index (κ1) is 11.9.